The molecule has 1 fully saturated rings. The van der Waals surface area contributed by atoms with E-state index in [9.17, 15) is 4.79 Å². The van der Waals surface area contributed by atoms with Gasteiger partial charge in [0, 0.05) is 24.8 Å². The molecule has 15 heavy (non-hydrogen) atoms. The molecule has 2 N–H and O–H groups in total. The fourth-order valence-corrected chi connectivity index (χ4v) is 1.57. The van der Waals surface area contributed by atoms with Crippen LogP contribution in [0.15, 0.2) is 22.9 Å². The van der Waals surface area contributed by atoms with E-state index in [4.69, 9.17) is 0 Å². The van der Waals surface area contributed by atoms with Crippen molar-refractivity contribution in [3.05, 3.63) is 28.5 Å². The van der Waals surface area contributed by atoms with E-state index in [1.807, 2.05) is 0 Å². The molecule has 0 aliphatic carbocycles. The monoisotopic (exact) mass is 291 g/mol. The predicted molar refractivity (Wildman–Crippen MR) is 63.3 cm³/mol. The van der Waals surface area contributed by atoms with Gasteiger partial charge in [-0.2, -0.15) is 0 Å². The molecule has 0 atom stereocenters. The Labute approximate surface area is 102 Å². The van der Waals surface area contributed by atoms with Crippen molar-refractivity contribution in [1.29, 1.82) is 0 Å². The number of aromatic nitrogens is 1. The zero-order chi connectivity index (χ0) is 9.97. The molecule has 2 rings (SSSR count). The van der Waals surface area contributed by atoms with Gasteiger partial charge < -0.3 is 10.6 Å². The fraction of sp³-hybridized carbons (Fsp3) is 0.333. The van der Waals surface area contributed by atoms with E-state index in [1.54, 1.807) is 18.3 Å². The molecule has 0 radical (unpaired) electrons. The molecule has 1 aliphatic heterocycles. The molecule has 1 aromatic heterocycles. The molecule has 0 bridgehead atoms. The topological polar surface area (TPSA) is 54.0 Å². The molecule has 0 spiro atoms. The average molecular weight is 293 g/mol. The number of nitrogens with zero attached hydrogens (tertiary/aromatic N) is 1. The van der Waals surface area contributed by atoms with Crippen molar-refractivity contribution in [2.45, 2.75) is 6.04 Å². The van der Waals surface area contributed by atoms with Crippen LogP contribution in [0.25, 0.3) is 0 Å². The van der Waals surface area contributed by atoms with E-state index in [0.29, 0.717) is 10.2 Å². The summed E-state index contributed by atoms with van der Waals surface area (Å²) in [6.45, 7) is 1.72. The highest BCUT2D eigenvalue weighted by Crippen LogP contribution is 2.08. The number of hydrogen-bond acceptors (Lipinski definition) is 3. The third kappa shape index (κ3) is 3.15. The first-order chi connectivity index (χ1) is 6.75. The van der Waals surface area contributed by atoms with Crippen LogP contribution in [0.5, 0.6) is 0 Å². The number of hydrogen-bond donors (Lipinski definition) is 2. The first-order valence-corrected chi connectivity index (χ1v) is 5.18. The summed E-state index contributed by atoms with van der Waals surface area (Å²) >= 11 is 3.22. The first-order valence-electron chi connectivity index (χ1n) is 4.39. The molecule has 82 valence electrons. The minimum atomic E-state index is -0.0420. The number of rotatable bonds is 2. The Morgan fingerprint density at radius 2 is 2.33 bits per heavy atom. The number of pyridine rings is 1. The van der Waals surface area contributed by atoms with Gasteiger partial charge >= 0.3 is 0 Å². The zero-order valence-electron chi connectivity index (χ0n) is 7.87. The van der Waals surface area contributed by atoms with Crippen molar-refractivity contribution in [1.82, 2.24) is 15.6 Å². The Morgan fingerprint density at radius 3 is 2.87 bits per heavy atom. The molecule has 4 nitrogen and oxygen atoms in total. The summed E-state index contributed by atoms with van der Waals surface area (Å²) in [4.78, 5) is 15.6. The highest BCUT2D eigenvalue weighted by Gasteiger charge is 2.19. The zero-order valence-corrected chi connectivity index (χ0v) is 10.3. The minimum Gasteiger partial charge on any atom is -0.347 e. The molecular formula is C9H11BrClN3O. The number of carbonyl (C=O) groups excluding carboxylic acids is 1. The van der Waals surface area contributed by atoms with Crippen molar-refractivity contribution < 1.29 is 4.79 Å². The van der Waals surface area contributed by atoms with Gasteiger partial charge in [0.15, 0.2) is 0 Å². The highest BCUT2D eigenvalue weighted by molar-refractivity contribution is 9.10. The summed E-state index contributed by atoms with van der Waals surface area (Å²) in [5, 5.41) is 6.00. The number of carbonyl (C=O) groups is 1. The lowest BCUT2D eigenvalue weighted by atomic mass is 10.1. The predicted octanol–water partition coefficient (Wildman–Crippen LogP) is 0.967. The van der Waals surface area contributed by atoms with Gasteiger partial charge in [0.1, 0.15) is 4.60 Å². The van der Waals surface area contributed by atoms with E-state index in [2.05, 4.69) is 31.5 Å². The van der Waals surface area contributed by atoms with Crippen molar-refractivity contribution in [3.63, 3.8) is 0 Å². The SMILES string of the molecule is Cl.O=C(NC1CNC1)c1ccnc(Br)c1. The van der Waals surface area contributed by atoms with Gasteiger partial charge in [0.05, 0.1) is 6.04 Å². The molecule has 1 amide bonds. The maximum absolute atomic E-state index is 11.6. The Hall–Kier alpha value is -0.650. The van der Waals surface area contributed by atoms with E-state index < -0.39 is 0 Å². The molecule has 0 saturated carbocycles. The second-order valence-corrected chi connectivity index (χ2v) is 4.01. The smallest absolute Gasteiger partial charge is 0.251 e. The summed E-state index contributed by atoms with van der Waals surface area (Å²) in [5.41, 5.74) is 0.638. The molecular weight excluding hydrogens is 281 g/mol. The lowest BCUT2D eigenvalue weighted by Crippen LogP contribution is -2.56. The minimum absolute atomic E-state index is 0. The Morgan fingerprint density at radius 1 is 1.60 bits per heavy atom. The summed E-state index contributed by atoms with van der Waals surface area (Å²) in [6.07, 6.45) is 1.61. The summed E-state index contributed by atoms with van der Waals surface area (Å²) < 4.78 is 0.678. The largest absolute Gasteiger partial charge is 0.347 e. The van der Waals surface area contributed by atoms with Gasteiger partial charge in [-0.25, -0.2) is 4.98 Å². The van der Waals surface area contributed by atoms with Crippen LogP contribution in [0.4, 0.5) is 0 Å². The van der Waals surface area contributed by atoms with Crippen LogP contribution in [0.2, 0.25) is 0 Å². The maximum Gasteiger partial charge on any atom is 0.251 e. The number of halogens is 2. The van der Waals surface area contributed by atoms with Gasteiger partial charge in [-0.3, -0.25) is 4.79 Å². The molecule has 6 heteroatoms. The van der Waals surface area contributed by atoms with E-state index in [0.717, 1.165) is 13.1 Å². The van der Waals surface area contributed by atoms with Crippen LogP contribution in [0.3, 0.4) is 0 Å². The van der Waals surface area contributed by atoms with Crippen LogP contribution in [0, 0.1) is 0 Å². The lowest BCUT2D eigenvalue weighted by molar-refractivity contribution is 0.0923. The van der Waals surface area contributed by atoms with Gasteiger partial charge in [0.2, 0.25) is 0 Å². The van der Waals surface area contributed by atoms with Gasteiger partial charge in [-0.05, 0) is 28.1 Å². The Balaban J connectivity index is 0.00000112. The first kappa shape index (κ1) is 12.4. The molecule has 1 aliphatic rings. The summed E-state index contributed by atoms with van der Waals surface area (Å²) in [7, 11) is 0. The lowest BCUT2D eigenvalue weighted by Gasteiger charge is -2.27. The Bertz CT molecular complexity index is 357. The van der Waals surface area contributed by atoms with Crippen LogP contribution in [-0.2, 0) is 0 Å². The van der Waals surface area contributed by atoms with Crippen molar-refractivity contribution >= 4 is 34.2 Å². The van der Waals surface area contributed by atoms with Crippen LogP contribution < -0.4 is 10.6 Å². The summed E-state index contributed by atoms with van der Waals surface area (Å²) in [6, 6.07) is 3.68. The van der Waals surface area contributed by atoms with Crippen molar-refractivity contribution in [2.24, 2.45) is 0 Å². The fourth-order valence-electron chi connectivity index (χ4n) is 1.20. The number of nitrogens with one attached hydrogen (secondary N) is 2. The van der Waals surface area contributed by atoms with Gasteiger partial charge in [-0.15, -0.1) is 12.4 Å². The number of amides is 1. The van der Waals surface area contributed by atoms with Crippen molar-refractivity contribution in [3.8, 4) is 0 Å². The quantitative estimate of drug-likeness (QED) is 0.799. The summed E-state index contributed by atoms with van der Waals surface area (Å²) in [5.74, 6) is -0.0420. The maximum atomic E-state index is 11.6. The van der Waals surface area contributed by atoms with Crippen LogP contribution >= 0.6 is 28.3 Å². The molecule has 0 aromatic carbocycles. The van der Waals surface area contributed by atoms with Gasteiger partial charge in [0.25, 0.3) is 5.91 Å². The van der Waals surface area contributed by atoms with Crippen LogP contribution in [-0.4, -0.2) is 30.0 Å². The standard InChI is InChI=1S/C9H10BrN3O.ClH/c10-8-3-6(1-2-12-8)9(14)13-7-4-11-5-7;/h1-3,7,11H,4-5H2,(H,13,14);1H. The molecule has 1 aromatic rings. The van der Waals surface area contributed by atoms with Crippen molar-refractivity contribution in [2.75, 3.05) is 13.1 Å². The van der Waals surface area contributed by atoms with E-state index in [-0.39, 0.29) is 24.4 Å². The van der Waals surface area contributed by atoms with E-state index >= 15 is 0 Å². The second-order valence-electron chi connectivity index (χ2n) is 3.20. The normalized spacial score (nSPS) is 15.0. The third-order valence-electron chi connectivity index (χ3n) is 2.11. The van der Waals surface area contributed by atoms with E-state index in [1.165, 1.54) is 0 Å². The molecule has 0 unspecified atom stereocenters. The second kappa shape index (κ2) is 5.44. The highest BCUT2D eigenvalue weighted by atomic mass is 79.9. The van der Waals surface area contributed by atoms with Gasteiger partial charge in [-0.1, -0.05) is 0 Å². The Kier molecular flexibility index (Phi) is 4.50. The molecule has 2 heterocycles. The van der Waals surface area contributed by atoms with Crippen LogP contribution in [0.1, 0.15) is 10.4 Å². The average Bonchev–Trinajstić information content (AvgIpc) is 2.11. The third-order valence-corrected chi connectivity index (χ3v) is 2.54. The molecule has 1 saturated heterocycles.